The SMILES string of the molecule is COc1ccc2c(c1)N1CCN(CC(=O)N3CCOCC3)C[C@H]1[C@H](C(=O)NCCc1ccccc1)C2. The van der Waals surface area contributed by atoms with Crippen LogP contribution in [0.5, 0.6) is 5.75 Å². The lowest BCUT2D eigenvalue weighted by atomic mass is 9.83. The summed E-state index contributed by atoms with van der Waals surface area (Å²) in [5.41, 5.74) is 3.53. The highest BCUT2D eigenvalue weighted by atomic mass is 16.5. The van der Waals surface area contributed by atoms with E-state index in [9.17, 15) is 9.59 Å². The zero-order chi connectivity index (χ0) is 24.9. The summed E-state index contributed by atoms with van der Waals surface area (Å²) in [7, 11) is 1.68. The summed E-state index contributed by atoms with van der Waals surface area (Å²) < 4.78 is 10.9. The molecule has 2 fully saturated rings. The highest BCUT2D eigenvalue weighted by Crippen LogP contribution is 2.38. The minimum Gasteiger partial charge on any atom is -0.497 e. The zero-order valence-electron chi connectivity index (χ0n) is 21.0. The standard InChI is InChI=1S/C28H36N4O4/c1-35-23-8-7-22-17-24(28(34)29-10-9-21-5-3-2-4-6-21)26-19-30(11-12-32(26)25(22)18-23)20-27(33)31-13-15-36-16-14-31/h2-8,18,24,26H,9-17,19-20H2,1H3,(H,29,34)/t24-,26+/m1/s1. The van der Waals surface area contributed by atoms with Crippen LogP contribution >= 0.6 is 0 Å². The molecule has 192 valence electrons. The van der Waals surface area contributed by atoms with Crippen LogP contribution in [0.15, 0.2) is 48.5 Å². The maximum absolute atomic E-state index is 13.5. The van der Waals surface area contributed by atoms with Gasteiger partial charge in [0.1, 0.15) is 5.75 Å². The topological polar surface area (TPSA) is 74.3 Å². The van der Waals surface area contributed by atoms with Crippen molar-refractivity contribution in [3.05, 3.63) is 59.7 Å². The third kappa shape index (κ3) is 5.50. The van der Waals surface area contributed by atoms with Gasteiger partial charge in [0.25, 0.3) is 0 Å². The molecular weight excluding hydrogens is 456 g/mol. The van der Waals surface area contributed by atoms with Crippen molar-refractivity contribution in [2.24, 2.45) is 5.92 Å². The van der Waals surface area contributed by atoms with Crippen molar-refractivity contribution in [3.63, 3.8) is 0 Å². The summed E-state index contributed by atoms with van der Waals surface area (Å²) in [5.74, 6) is 0.878. The molecule has 36 heavy (non-hydrogen) atoms. The maximum Gasteiger partial charge on any atom is 0.236 e. The van der Waals surface area contributed by atoms with Crippen LogP contribution in [0, 0.1) is 5.92 Å². The van der Waals surface area contributed by atoms with Gasteiger partial charge >= 0.3 is 0 Å². The Balaban J connectivity index is 1.29. The molecule has 3 aliphatic rings. The average Bonchev–Trinajstić information content (AvgIpc) is 2.93. The lowest BCUT2D eigenvalue weighted by Crippen LogP contribution is -2.62. The summed E-state index contributed by atoms with van der Waals surface area (Å²) in [6, 6.07) is 16.4. The second kappa shape index (κ2) is 11.3. The van der Waals surface area contributed by atoms with Gasteiger partial charge in [-0.1, -0.05) is 36.4 Å². The Hall–Kier alpha value is -3.10. The van der Waals surface area contributed by atoms with E-state index >= 15 is 0 Å². The number of methoxy groups -OCH3 is 1. The number of anilines is 1. The van der Waals surface area contributed by atoms with Crippen molar-refractivity contribution >= 4 is 17.5 Å². The summed E-state index contributed by atoms with van der Waals surface area (Å²) >= 11 is 0. The Morgan fingerprint density at radius 3 is 2.64 bits per heavy atom. The second-order valence-corrected chi connectivity index (χ2v) is 9.82. The molecule has 0 aliphatic carbocycles. The normalized spacial score (nSPS) is 21.9. The number of morpholine rings is 1. The van der Waals surface area contributed by atoms with E-state index in [1.807, 2.05) is 29.2 Å². The number of amides is 2. The number of piperazine rings is 1. The molecule has 0 saturated carbocycles. The molecule has 2 aromatic carbocycles. The quantitative estimate of drug-likeness (QED) is 0.633. The Morgan fingerprint density at radius 1 is 1.06 bits per heavy atom. The largest absolute Gasteiger partial charge is 0.497 e. The fraction of sp³-hybridized carbons (Fsp3) is 0.500. The van der Waals surface area contributed by atoms with Crippen molar-refractivity contribution in [1.82, 2.24) is 15.1 Å². The first kappa shape index (κ1) is 24.6. The number of nitrogens with zero attached hydrogens (tertiary/aromatic N) is 3. The Labute approximate surface area is 213 Å². The predicted molar refractivity (Wildman–Crippen MR) is 138 cm³/mol. The molecule has 0 radical (unpaired) electrons. The van der Waals surface area contributed by atoms with Crippen molar-refractivity contribution in [2.75, 3.05) is 71.0 Å². The zero-order valence-corrected chi connectivity index (χ0v) is 21.0. The van der Waals surface area contributed by atoms with E-state index < -0.39 is 0 Å². The Morgan fingerprint density at radius 2 is 1.86 bits per heavy atom. The van der Waals surface area contributed by atoms with Crippen LogP contribution < -0.4 is 15.0 Å². The molecule has 3 heterocycles. The molecule has 2 saturated heterocycles. The smallest absolute Gasteiger partial charge is 0.236 e. The lowest BCUT2D eigenvalue weighted by Gasteiger charge is -2.49. The van der Waals surface area contributed by atoms with E-state index in [0.717, 1.165) is 30.9 Å². The summed E-state index contributed by atoms with van der Waals surface area (Å²) in [6.07, 6.45) is 1.49. The predicted octanol–water partition coefficient (Wildman–Crippen LogP) is 1.58. The maximum atomic E-state index is 13.5. The van der Waals surface area contributed by atoms with E-state index in [4.69, 9.17) is 9.47 Å². The molecule has 0 aromatic heterocycles. The number of hydrogen-bond acceptors (Lipinski definition) is 6. The molecule has 0 spiro atoms. The van der Waals surface area contributed by atoms with Crippen LogP contribution in [0.1, 0.15) is 11.1 Å². The summed E-state index contributed by atoms with van der Waals surface area (Å²) in [5, 5.41) is 3.20. The Bertz CT molecular complexity index is 1060. The van der Waals surface area contributed by atoms with Gasteiger partial charge in [-0.25, -0.2) is 0 Å². The van der Waals surface area contributed by atoms with Gasteiger partial charge in [0.15, 0.2) is 0 Å². The molecule has 2 atom stereocenters. The molecule has 2 amide bonds. The van der Waals surface area contributed by atoms with E-state index in [0.29, 0.717) is 52.4 Å². The van der Waals surface area contributed by atoms with Gasteiger partial charge in [0, 0.05) is 51.0 Å². The van der Waals surface area contributed by atoms with Crippen LogP contribution in [-0.2, 0) is 27.2 Å². The van der Waals surface area contributed by atoms with Crippen molar-refractivity contribution in [2.45, 2.75) is 18.9 Å². The number of benzene rings is 2. The van der Waals surface area contributed by atoms with Gasteiger partial charge in [-0.15, -0.1) is 0 Å². The number of fused-ring (bicyclic) bond motifs is 3. The van der Waals surface area contributed by atoms with Crippen molar-refractivity contribution < 1.29 is 19.1 Å². The van der Waals surface area contributed by atoms with Crippen LogP contribution in [0.4, 0.5) is 5.69 Å². The fourth-order valence-electron chi connectivity index (χ4n) is 5.62. The minimum atomic E-state index is -0.178. The van der Waals surface area contributed by atoms with Crippen LogP contribution in [0.25, 0.3) is 0 Å². The number of carbonyl (C=O) groups is 2. The van der Waals surface area contributed by atoms with Crippen LogP contribution in [0.3, 0.4) is 0 Å². The highest BCUT2D eigenvalue weighted by Gasteiger charge is 2.42. The molecule has 5 rings (SSSR count). The second-order valence-electron chi connectivity index (χ2n) is 9.82. The van der Waals surface area contributed by atoms with Crippen LogP contribution in [-0.4, -0.2) is 93.8 Å². The third-order valence-electron chi connectivity index (χ3n) is 7.62. The van der Waals surface area contributed by atoms with Gasteiger partial charge < -0.3 is 24.6 Å². The molecule has 1 N–H and O–H groups in total. The minimum absolute atomic E-state index is 0.00701. The first-order chi connectivity index (χ1) is 17.6. The van der Waals surface area contributed by atoms with Crippen LogP contribution in [0.2, 0.25) is 0 Å². The summed E-state index contributed by atoms with van der Waals surface area (Å²) in [4.78, 5) is 32.9. The Kier molecular flexibility index (Phi) is 7.72. The first-order valence-electron chi connectivity index (χ1n) is 13.0. The van der Waals surface area contributed by atoms with Crippen molar-refractivity contribution in [3.8, 4) is 5.75 Å². The number of nitrogens with one attached hydrogen (secondary N) is 1. The lowest BCUT2D eigenvalue weighted by molar-refractivity contribution is -0.136. The molecule has 0 unspecified atom stereocenters. The average molecular weight is 493 g/mol. The van der Waals surface area contributed by atoms with E-state index in [-0.39, 0.29) is 23.8 Å². The number of carbonyl (C=O) groups excluding carboxylic acids is 2. The number of rotatable bonds is 7. The van der Waals surface area contributed by atoms with E-state index in [1.54, 1.807) is 7.11 Å². The van der Waals surface area contributed by atoms with Gasteiger partial charge in [-0.2, -0.15) is 0 Å². The molecule has 8 nitrogen and oxygen atoms in total. The van der Waals surface area contributed by atoms with Gasteiger partial charge in [-0.3, -0.25) is 14.5 Å². The van der Waals surface area contributed by atoms with E-state index in [2.05, 4.69) is 39.4 Å². The molecule has 0 bridgehead atoms. The fourth-order valence-corrected chi connectivity index (χ4v) is 5.62. The number of hydrogen-bond donors (Lipinski definition) is 1. The molecule has 2 aromatic rings. The first-order valence-corrected chi connectivity index (χ1v) is 13.0. The molecule has 3 aliphatic heterocycles. The molecule has 8 heteroatoms. The van der Waals surface area contributed by atoms with Gasteiger partial charge in [0.2, 0.25) is 11.8 Å². The van der Waals surface area contributed by atoms with Gasteiger partial charge in [-0.05, 0) is 30.0 Å². The van der Waals surface area contributed by atoms with Crippen molar-refractivity contribution in [1.29, 1.82) is 0 Å². The monoisotopic (exact) mass is 492 g/mol. The highest BCUT2D eigenvalue weighted by molar-refractivity contribution is 5.82. The third-order valence-corrected chi connectivity index (χ3v) is 7.62. The summed E-state index contributed by atoms with van der Waals surface area (Å²) in [6.45, 7) is 5.75. The molecular formula is C28H36N4O4. The van der Waals surface area contributed by atoms with E-state index in [1.165, 1.54) is 11.1 Å². The number of ether oxygens (including phenoxy) is 2. The van der Waals surface area contributed by atoms with Gasteiger partial charge in [0.05, 0.1) is 38.8 Å².